The summed E-state index contributed by atoms with van der Waals surface area (Å²) in [5.74, 6) is 0. The summed E-state index contributed by atoms with van der Waals surface area (Å²) in [6, 6.07) is 0. The average Bonchev–Trinajstić information content (AvgIpc) is 2.20. The van der Waals surface area contributed by atoms with Crippen LogP contribution >= 0.6 is 27.5 Å². The number of alkyl halides is 2. The summed E-state index contributed by atoms with van der Waals surface area (Å²) in [6.07, 6.45) is 6.25. The monoisotopic (exact) mass is 332 g/mol. The molecule has 1 spiro atoms. The first-order valence-corrected chi connectivity index (χ1v) is 7.80. The summed E-state index contributed by atoms with van der Waals surface area (Å²) in [5.41, 5.74) is 0.796. The van der Waals surface area contributed by atoms with Crippen LogP contribution in [0.15, 0.2) is 24.3 Å². The summed E-state index contributed by atoms with van der Waals surface area (Å²) in [7, 11) is 0. The van der Waals surface area contributed by atoms with E-state index in [1.807, 2.05) is 6.92 Å². The van der Waals surface area contributed by atoms with Crippen LogP contribution in [0.25, 0.3) is 0 Å². The summed E-state index contributed by atoms with van der Waals surface area (Å²) in [5, 5.41) is 10.7. The third-order valence-electron chi connectivity index (χ3n) is 5.00. The number of allylic oxidation sites excluding steroid dienone is 2. The number of aliphatic hydroxyl groups excluding tert-OH is 1. The van der Waals surface area contributed by atoms with E-state index in [1.54, 1.807) is 0 Å². The van der Waals surface area contributed by atoms with E-state index in [1.165, 1.54) is 0 Å². The highest BCUT2D eigenvalue weighted by molar-refractivity contribution is 9.09. The van der Waals surface area contributed by atoms with E-state index < -0.39 is 6.10 Å². The van der Waals surface area contributed by atoms with Crippen LogP contribution in [0.1, 0.15) is 40.0 Å². The lowest BCUT2D eigenvalue weighted by Gasteiger charge is -2.58. The zero-order valence-corrected chi connectivity index (χ0v) is 13.7. The minimum absolute atomic E-state index is 0.0822. The molecule has 0 amide bonds. The fourth-order valence-corrected chi connectivity index (χ4v) is 4.59. The Bertz CT molecular complexity index is 399. The minimum atomic E-state index is -0.429. The van der Waals surface area contributed by atoms with Gasteiger partial charge in [0.2, 0.25) is 0 Å². The van der Waals surface area contributed by atoms with Gasteiger partial charge in [-0.25, -0.2) is 0 Å². The lowest BCUT2D eigenvalue weighted by molar-refractivity contribution is -0.0540. The molecular weight excluding hydrogens is 312 g/mol. The van der Waals surface area contributed by atoms with Gasteiger partial charge in [0.25, 0.3) is 0 Å². The zero-order valence-electron chi connectivity index (χ0n) is 11.3. The molecule has 0 heterocycles. The summed E-state index contributed by atoms with van der Waals surface area (Å²) in [6.45, 7) is 10.6. The molecule has 1 nitrogen and oxygen atoms in total. The van der Waals surface area contributed by atoms with Gasteiger partial charge < -0.3 is 5.11 Å². The Balaban J connectivity index is 2.47. The highest BCUT2D eigenvalue weighted by Gasteiger charge is 2.58. The number of halogens is 2. The van der Waals surface area contributed by atoms with Crippen molar-refractivity contribution in [3.63, 3.8) is 0 Å². The molecule has 0 aromatic heterocycles. The van der Waals surface area contributed by atoms with Crippen molar-refractivity contribution in [1.82, 2.24) is 0 Å². The molecule has 0 bridgehead atoms. The Hall–Kier alpha value is 0.210. The van der Waals surface area contributed by atoms with Crippen molar-refractivity contribution in [1.29, 1.82) is 0 Å². The van der Waals surface area contributed by atoms with Crippen LogP contribution in [0.3, 0.4) is 0 Å². The molecule has 2 aliphatic carbocycles. The predicted molar refractivity (Wildman–Crippen MR) is 81.3 cm³/mol. The maximum absolute atomic E-state index is 10.7. The van der Waals surface area contributed by atoms with E-state index in [2.05, 4.69) is 48.5 Å². The van der Waals surface area contributed by atoms with Crippen molar-refractivity contribution < 1.29 is 5.11 Å². The smallest absolute Gasteiger partial charge is 0.0659 e. The van der Waals surface area contributed by atoms with Crippen LogP contribution in [0, 0.1) is 10.8 Å². The zero-order chi connectivity index (χ0) is 13.8. The second-order valence-corrected chi connectivity index (χ2v) is 8.54. The quantitative estimate of drug-likeness (QED) is 0.513. The maximum atomic E-state index is 10.7. The van der Waals surface area contributed by atoms with Gasteiger partial charge in [0.15, 0.2) is 0 Å². The Morgan fingerprint density at radius 1 is 1.39 bits per heavy atom. The van der Waals surface area contributed by atoms with Crippen LogP contribution in [0.5, 0.6) is 0 Å². The van der Waals surface area contributed by atoms with E-state index >= 15 is 0 Å². The molecule has 18 heavy (non-hydrogen) atoms. The fourth-order valence-electron chi connectivity index (χ4n) is 3.67. The maximum Gasteiger partial charge on any atom is 0.0659 e. The molecule has 4 unspecified atom stereocenters. The van der Waals surface area contributed by atoms with Crippen LogP contribution in [-0.2, 0) is 0 Å². The lowest BCUT2D eigenvalue weighted by Crippen LogP contribution is -2.58. The van der Waals surface area contributed by atoms with Gasteiger partial charge in [-0.15, -0.1) is 11.6 Å². The van der Waals surface area contributed by atoms with Crippen LogP contribution < -0.4 is 0 Å². The molecule has 1 saturated carbocycles. The van der Waals surface area contributed by atoms with E-state index in [0.717, 1.165) is 18.4 Å². The predicted octanol–water partition coefficient (Wildman–Crippen LogP) is 4.43. The third-order valence-corrected chi connectivity index (χ3v) is 7.01. The van der Waals surface area contributed by atoms with Crippen molar-refractivity contribution in [3.05, 3.63) is 24.3 Å². The standard InChI is InChI=1S/C15H22BrClO/c1-10-6-5-7-13(2,3)15(10)8-11(16)14(4,17)9-12(15)18/h5,7,11-12,18H,1,6,8-9H2,2-4H3. The molecule has 102 valence electrons. The first kappa shape index (κ1) is 14.6. The van der Waals surface area contributed by atoms with Gasteiger partial charge in [-0.3, -0.25) is 0 Å². The van der Waals surface area contributed by atoms with Crippen molar-refractivity contribution in [2.45, 2.75) is 55.8 Å². The molecule has 4 atom stereocenters. The molecule has 2 aliphatic rings. The Labute approximate surface area is 123 Å². The minimum Gasteiger partial charge on any atom is -0.392 e. The second-order valence-electron chi connectivity index (χ2n) is 6.57. The topological polar surface area (TPSA) is 20.2 Å². The van der Waals surface area contributed by atoms with E-state index in [0.29, 0.717) is 6.42 Å². The molecule has 1 fully saturated rings. The highest BCUT2D eigenvalue weighted by atomic mass is 79.9. The second kappa shape index (κ2) is 4.36. The molecule has 0 aliphatic heterocycles. The number of hydrogen-bond acceptors (Lipinski definition) is 1. The van der Waals surface area contributed by atoms with E-state index in [4.69, 9.17) is 11.6 Å². The van der Waals surface area contributed by atoms with Crippen LogP contribution in [0.4, 0.5) is 0 Å². The Morgan fingerprint density at radius 3 is 2.56 bits per heavy atom. The van der Waals surface area contributed by atoms with Gasteiger partial charge in [0, 0.05) is 10.2 Å². The average molecular weight is 334 g/mol. The third kappa shape index (κ3) is 1.92. The van der Waals surface area contributed by atoms with E-state index in [9.17, 15) is 5.11 Å². The molecule has 0 saturated heterocycles. The number of rotatable bonds is 0. The van der Waals surface area contributed by atoms with Gasteiger partial charge in [0.1, 0.15) is 0 Å². The fraction of sp³-hybridized carbons (Fsp3) is 0.733. The number of aliphatic hydroxyl groups is 1. The Kier molecular flexibility index (Phi) is 3.54. The van der Waals surface area contributed by atoms with Gasteiger partial charge in [-0.1, -0.05) is 54.1 Å². The molecule has 0 aromatic rings. The lowest BCUT2D eigenvalue weighted by atomic mass is 9.50. The highest BCUT2D eigenvalue weighted by Crippen LogP contribution is 2.61. The first-order chi connectivity index (χ1) is 8.13. The largest absolute Gasteiger partial charge is 0.392 e. The molecular formula is C15H22BrClO. The van der Waals surface area contributed by atoms with Gasteiger partial charge in [0.05, 0.1) is 11.0 Å². The number of hydrogen-bond donors (Lipinski definition) is 1. The van der Waals surface area contributed by atoms with Crippen LogP contribution in [0.2, 0.25) is 0 Å². The summed E-state index contributed by atoms with van der Waals surface area (Å²) in [4.78, 5) is -0.195. The molecule has 0 aromatic carbocycles. The van der Waals surface area contributed by atoms with Gasteiger partial charge in [-0.2, -0.15) is 0 Å². The van der Waals surface area contributed by atoms with Crippen molar-refractivity contribution in [3.8, 4) is 0 Å². The SMILES string of the molecule is C=C1CC=CC(C)(C)C12CC(Br)C(C)(Cl)CC2O. The first-order valence-electron chi connectivity index (χ1n) is 6.50. The van der Waals surface area contributed by atoms with Crippen molar-refractivity contribution >= 4 is 27.5 Å². The normalized spacial score (nSPS) is 47.6. The van der Waals surface area contributed by atoms with Crippen molar-refractivity contribution in [2.75, 3.05) is 0 Å². The summed E-state index contributed by atoms with van der Waals surface area (Å²) < 4.78 is 0. The van der Waals surface area contributed by atoms with Gasteiger partial charge >= 0.3 is 0 Å². The van der Waals surface area contributed by atoms with Gasteiger partial charge in [-0.05, 0) is 31.6 Å². The Morgan fingerprint density at radius 2 is 2.00 bits per heavy atom. The van der Waals surface area contributed by atoms with Crippen molar-refractivity contribution in [2.24, 2.45) is 10.8 Å². The summed E-state index contributed by atoms with van der Waals surface area (Å²) >= 11 is 10.2. The van der Waals surface area contributed by atoms with E-state index in [-0.39, 0.29) is 20.5 Å². The molecule has 3 heteroatoms. The molecule has 2 rings (SSSR count). The molecule has 1 N–H and O–H groups in total. The molecule has 0 radical (unpaired) electrons. The van der Waals surface area contributed by atoms with Crippen LogP contribution in [-0.4, -0.2) is 20.9 Å².